The first-order valence-corrected chi connectivity index (χ1v) is 6.53. The van der Waals surface area contributed by atoms with E-state index in [1.54, 1.807) is 24.5 Å². The normalized spacial score (nSPS) is 13.4. The van der Waals surface area contributed by atoms with Crippen molar-refractivity contribution in [3.05, 3.63) is 54.5 Å². The van der Waals surface area contributed by atoms with Gasteiger partial charge in [0.2, 0.25) is 0 Å². The zero-order chi connectivity index (χ0) is 12.7. The first-order valence-electron chi connectivity index (χ1n) is 4.95. The highest BCUT2D eigenvalue weighted by molar-refractivity contribution is 7.58. The van der Waals surface area contributed by atoms with Crippen LogP contribution in [0, 0.1) is 0 Å². The Kier molecular flexibility index (Phi) is 5.12. The lowest BCUT2D eigenvalue weighted by atomic mass is 10.4. The molecule has 0 saturated carbocycles. The van der Waals surface area contributed by atoms with Crippen LogP contribution in [0.3, 0.4) is 0 Å². The van der Waals surface area contributed by atoms with E-state index in [0.29, 0.717) is 0 Å². The molecule has 2 rings (SSSR count). The van der Waals surface area contributed by atoms with E-state index in [9.17, 15) is 9.46 Å². The van der Waals surface area contributed by atoms with Crippen molar-refractivity contribution in [3.8, 4) is 0 Å². The molecule has 1 aromatic carbocycles. The number of hydrogen-bond donors (Lipinski definition) is 2. The van der Waals surface area contributed by atoms with Crippen molar-refractivity contribution in [1.82, 2.24) is 0 Å². The summed E-state index contributed by atoms with van der Waals surface area (Å²) in [6.07, 6.45) is 1.65. The Bertz CT molecular complexity index is 463. The van der Waals surface area contributed by atoms with Crippen molar-refractivity contribution >= 4 is 12.9 Å². The van der Waals surface area contributed by atoms with Crippen LogP contribution in [0.1, 0.15) is 5.76 Å². The van der Waals surface area contributed by atoms with Gasteiger partial charge in [-0.3, -0.25) is 0 Å². The smallest absolute Gasteiger partial charge is 0.162 e. The molecule has 0 bridgehead atoms. The van der Waals surface area contributed by atoms with Crippen molar-refractivity contribution in [2.24, 2.45) is 0 Å². The predicted octanol–water partition coefficient (Wildman–Crippen LogP) is -0.121. The maximum Gasteiger partial charge on any atom is 0.162 e. The Balaban J connectivity index is 0.000000181. The van der Waals surface area contributed by atoms with Crippen LogP contribution in [-0.4, -0.2) is 4.89 Å². The van der Waals surface area contributed by atoms with Gasteiger partial charge in [0.25, 0.3) is 0 Å². The summed E-state index contributed by atoms with van der Waals surface area (Å²) in [5, 5.41) is -0.0463. The second-order valence-electron chi connectivity index (χ2n) is 3.19. The number of hydrogen-bond acceptors (Lipinski definition) is 3. The molecule has 0 aliphatic heterocycles. The molecule has 0 aliphatic carbocycles. The summed E-state index contributed by atoms with van der Waals surface area (Å²) in [7, 11) is -4.27. The molecule has 0 radical (unpaired) electrons. The maximum absolute atomic E-state index is 10.4. The van der Waals surface area contributed by atoms with Crippen LogP contribution in [0.15, 0.2) is 53.1 Å². The van der Waals surface area contributed by atoms with Gasteiger partial charge in [-0.15, -0.1) is 0 Å². The Hall–Kier alpha value is -1.39. The summed E-state index contributed by atoms with van der Waals surface area (Å²) in [6, 6.07) is 11.2. The standard InChI is InChI=1S/C6H7O3P.C5H7NO/c7-10(8,9)6-4-2-1-3-5-6;6-4-5-2-1-3-7-5/h1-5H,(H2,7,8,9);1-3H,4,6H2. The van der Waals surface area contributed by atoms with Crippen LogP contribution in [0.25, 0.3) is 0 Å². The molecule has 0 fully saturated rings. The molecule has 0 amide bonds. The third-order valence-electron chi connectivity index (χ3n) is 1.91. The van der Waals surface area contributed by atoms with Gasteiger partial charge in [-0.1, -0.05) is 30.3 Å². The lowest BCUT2D eigenvalue weighted by Crippen LogP contribution is -2.47. The lowest BCUT2D eigenvalue weighted by Gasteiger charge is -2.14. The fourth-order valence-corrected chi connectivity index (χ4v) is 1.62. The van der Waals surface area contributed by atoms with Crippen molar-refractivity contribution in [3.63, 3.8) is 0 Å². The van der Waals surface area contributed by atoms with Crippen molar-refractivity contribution < 1.29 is 24.5 Å². The summed E-state index contributed by atoms with van der Waals surface area (Å²) >= 11 is 0. The van der Waals surface area contributed by atoms with Crippen molar-refractivity contribution in [2.45, 2.75) is 6.54 Å². The van der Waals surface area contributed by atoms with Gasteiger partial charge in [-0.25, -0.2) is 0 Å². The van der Waals surface area contributed by atoms with E-state index in [0.717, 1.165) is 12.3 Å². The van der Waals surface area contributed by atoms with Gasteiger partial charge in [0.05, 0.1) is 6.26 Å². The van der Waals surface area contributed by atoms with E-state index in [1.807, 2.05) is 12.1 Å². The molecule has 0 aliphatic rings. The highest BCUT2D eigenvalue weighted by Gasteiger charge is 2.02. The van der Waals surface area contributed by atoms with Crippen LogP contribution in [0.2, 0.25) is 0 Å². The zero-order valence-electron chi connectivity index (χ0n) is 9.15. The molecule has 5 nitrogen and oxygen atoms in total. The zero-order valence-corrected chi connectivity index (χ0v) is 10.0. The van der Waals surface area contributed by atoms with Gasteiger partial charge >= 0.3 is 0 Å². The Morgan fingerprint density at radius 2 is 1.88 bits per heavy atom. The molecule has 1 unspecified atom stereocenters. The molecule has 0 spiro atoms. The van der Waals surface area contributed by atoms with Gasteiger partial charge in [0.15, 0.2) is 13.4 Å². The van der Waals surface area contributed by atoms with Gasteiger partial charge in [0.1, 0.15) is 6.54 Å². The molecular weight excluding hydrogens is 241 g/mol. The summed E-state index contributed by atoms with van der Waals surface area (Å²) in [5.74, 6) is 0.944. The minimum Gasteiger partial charge on any atom is -0.775 e. The van der Waals surface area contributed by atoms with Crippen LogP contribution < -0.4 is 15.9 Å². The summed E-state index contributed by atoms with van der Waals surface area (Å²) in [5.41, 5.74) is 3.63. The number of rotatable bonds is 2. The fourth-order valence-electron chi connectivity index (χ4n) is 1.07. The summed E-state index contributed by atoms with van der Waals surface area (Å²) in [6.45, 7) is 0.743. The monoisotopic (exact) mass is 255 g/mol. The van der Waals surface area contributed by atoms with Crippen LogP contribution >= 0.6 is 7.60 Å². The number of benzene rings is 1. The molecule has 1 atom stereocenters. The highest BCUT2D eigenvalue weighted by atomic mass is 31.2. The minimum absolute atomic E-state index is 0.0463. The average Bonchev–Trinajstić information content (AvgIpc) is 2.83. The van der Waals surface area contributed by atoms with E-state index in [2.05, 4.69) is 5.73 Å². The SMILES string of the molecule is O=P([O-])(O)c1ccccc1.[NH3+]Cc1ccco1. The summed E-state index contributed by atoms with van der Waals surface area (Å²) < 4.78 is 15.3. The fraction of sp³-hybridized carbons (Fsp3) is 0.0909. The van der Waals surface area contributed by atoms with Gasteiger partial charge in [0, 0.05) is 5.30 Å². The number of quaternary nitrogens is 1. The Morgan fingerprint density at radius 1 is 1.24 bits per heavy atom. The first-order chi connectivity index (χ1) is 8.04. The number of furan rings is 1. The van der Waals surface area contributed by atoms with Gasteiger partial charge in [-0.2, -0.15) is 0 Å². The minimum atomic E-state index is -4.27. The first kappa shape index (κ1) is 13.7. The third-order valence-corrected chi connectivity index (χ3v) is 2.86. The molecule has 17 heavy (non-hydrogen) atoms. The van der Waals surface area contributed by atoms with E-state index < -0.39 is 7.60 Å². The van der Waals surface area contributed by atoms with Crippen LogP contribution in [-0.2, 0) is 11.1 Å². The quantitative estimate of drug-likeness (QED) is 0.730. The molecular formula is C11H14NO4P. The maximum atomic E-state index is 10.4. The second kappa shape index (κ2) is 6.37. The van der Waals surface area contributed by atoms with Crippen LogP contribution in [0.5, 0.6) is 0 Å². The molecule has 4 N–H and O–H groups in total. The third kappa shape index (κ3) is 4.97. The topological polar surface area (TPSA) is 101 Å². The van der Waals surface area contributed by atoms with E-state index in [-0.39, 0.29) is 5.30 Å². The molecule has 1 aromatic heterocycles. The lowest BCUT2D eigenvalue weighted by molar-refractivity contribution is -0.390. The van der Waals surface area contributed by atoms with Crippen molar-refractivity contribution in [2.75, 3.05) is 0 Å². The Morgan fingerprint density at radius 3 is 2.18 bits per heavy atom. The molecule has 1 heterocycles. The van der Waals surface area contributed by atoms with E-state index in [1.165, 1.54) is 12.1 Å². The van der Waals surface area contributed by atoms with Crippen LogP contribution in [0.4, 0.5) is 0 Å². The van der Waals surface area contributed by atoms with E-state index in [4.69, 9.17) is 9.31 Å². The molecule has 0 saturated heterocycles. The summed E-state index contributed by atoms with van der Waals surface area (Å²) in [4.78, 5) is 18.9. The predicted molar refractivity (Wildman–Crippen MR) is 61.2 cm³/mol. The highest BCUT2D eigenvalue weighted by Crippen LogP contribution is 2.26. The van der Waals surface area contributed by atoms with E-state index >= 15 is 0 Å². The average molecular weight is 255 g/mol. The largest absolute Gasteiger partial charge is 0.775 e. The van der Waals surface area contributed by atoms with Gasteiger partial charge < -0.3 is 24.5 Å². The molecule has 92 valence electrons. The molecule has 6 heteroatoms. The Labute approximate surface area is 99.0 Å². The van der Waals surface area contributed by atoms with Gasteiger partial charge in [-0.05, 0) is 12.1 Å². The van der Waals surface area contributed by atoms with Crippen molar-refractivity contribution in [1.29, 1.82) is 0 Å². The molecule has 2 aromatic rings. The second-order valence-corrected chi connectivity index (χ2v) is 4.74.